The first-order valence-electron chi connectivity index (χ1n) is 8.84. The van der Waals surface area contributed by atoms with Crippen LogP contribution in [0.4, 0.5) is 5.82 Å². The first-order chi connectivity index (χ1) is 13.1. The van der Waals surface area contributed by atoms with Crippen LogP contribution < -0.4 is 10.6 Å². The van der Waals surface area contributed by atoms with Crippen LogP contribution in [-0.4, -0.2) is 41.9 Å². The van der Waals surface area contributed by atoms with Gasteiger partial charge < -0.3 is 15.4 Å². The van der Waals surface area contributed by atoms with Crippen LogP contribution >= 0.6 is 11.8 Å². The van der Waals surface area contributed by atoms with E-state index in [-0.39, 0.29) is 24.8 Å². The normalized spacial score (nSPS) is 12.7. The highest BCUT2D eigenvalue weighted by Gasteiger charge is 2.24. The predicted molar refractivity (Wildman–Crippen MR) is 106 cm³/mol. The number of hydrogen-bond acceptors (Lipinski definition) is 5. The van der Waals surface area contributed by atoms with Gasteiger partial charge in [-0.25, -0.2) is 4.68 Å². The molecule has 2 amide bonds. The van der Waals surface area contributed by atoms with Gasteiger partial charge in [0.15, 0.2) is 0 Å². The van der Waals surface area contributed by atoms with Crippen LogP contribution in [-0.2, 0) is 38.8 Å². The summed E-state index contributed by atoms with van der Waals surface area (Å²) >= 11 is 1.76. The first-order valence-corrected chi connectivity index (χ1v) is 9.99. The maximum absolute atomic E-state index is 12.6. The summed E-state index contributed by atoms with van der Waals surface area (Å²) in [5.41, 5.74) is 4.04. The number of rotatable bonds is 8. The van der Waals surface area contributed by atoms with Crippen LogP contribution in [0.25, 0.3) is 0 Å². The first kappa shape index (κ1) is 19.4. The van der Waals surface area contributed by atoms with Gasteiger partial charge in [-0.1, -0.05) is 29.8 Å². The fraction of sp³-hybridized carbons (Fsp3) is 0.421. The quantitative estimate of drug-likeness (QED) is 0.675. The van der Waals surface area contributed by atoms with E-state index in [4.69, 9.17) is 4.74 Å². The number of carbonyl (C=O) groups excluding carboxylic acids is 2. The number of benzene rings is 1. The molecule has 0 atom stereocenters. The number of ether oxygens (including phenoxy) is 1. The van der Waals surface area contributed by atoms with Crippen molar-refractivity contribution in [3.8, 4) is 0 Å². The third kappa shape index (κ3) is 5.11. The number of thioether (sulfide) groups is 1. The van der Waals surface area contributed by atoms with E-state index >= 15 is 0 Å². The molecule has 0 unspecified atom stereocenters. The van der Waals surface area contributed by atoms with Gasteiger partial charge in [0.1, 0.15) is 12.4 Å². The van der Waals surface area contributed by atoms with Gasteiger partial charge in [0.2, 0.25) is 11.8 Å². The van der Waals surface area contributed by atoms with Gasteiger partial charge in [-0.2, -0.15) is 16.9 Å². The molecular formula is C19H24N4O3S. The van der Waals surface area contributed by atoms with E-state index in [2.05, 4.69) is 15.7 Å². The van der Waals surface area contributed by atoms with Gasteiger partial charge in [-0.3, -0.25) is 9.59 Å². The lowest BCUT2D eigenvalue weighted by Gasteiger charge is -2.11. The fourth-order valence-corrected chi connectivity index (χ4v) is 4.02. The van der Waals surface area contributed by atoms with Gasteiger partial charge in [0.25, 0.3) is 0 Å². The van der Waals surface area contributed by atoms with Crippen LogP contribution in [0.1, 0.15) is 22.4 Å². The minimum atomic E-state index is -0.157. The maximum Gasteiger partial charge on any atom is 0.241 e. The van der Waals surface area contributed by atoms with Crippen molar-refractivity contribution in [1.29, 1.82) is 0 Å². The Morgan fingerprint density at radius 3 is 2.93 bits per heavy atom. The zero-order valence-corrected chi connectivity index (χ0v) is 16.4. The number of hydrogen-bond donors (Lipinski definition) is 2. The lowest BCUT2D eigenvalue weighted by Crippen LogP contribution is -2.31. The second-order valence-corrected chi connectivity index (χ2v) is 7.47. The molecule has 0 fully saturated rings. The molecular weight excluding hydrogens is 364 g/mol. The summed E-state index contributed by atoms with van der Waals surface area (Å²) < 4.78 is 6.53. The number of nitrogens with zero attached hydrogens (tertiary/aromatic N) is 2. The summed E-state index contributed by atoms with van der Waals surface area (Å²) in [6, 6.07) is 7.89. The molecule has 144 valence electrons. The number of fused-ring (bicyclic) bond motifs is 1. The molecule has 2 aromatic rings. The Kier molecular flexibility index (Phi) is 6.52. The van der Waals surface area contributed by atoms with Gasteiger partial charge in [-0.05, 0) is 12.5 Å². The Bertz CT molecular complexity index is 834. The second-order valence-electron chi connectivity index (χ2n) is 6.48. The largest absolute Gasteiger partial charge is 0.383 e. The number of aryl methyl sites for hydroxylation is 1. The molecule has 1 aromatic carbocycles. The lowest BCUT2D eigenvalue weighted by molar-refractivity contribution is -0.122. The van der Waals surface area contributed by atoms with E-state index in [0.717, 1.165) is 33.9 Å². The van der Waals surface area contributed by atoms with Gasteiger partial charge in [0, 0.05) is 30.7 Å². The Morgan fingerprint density at radius 2 is 2.15 bits per heavy atom. The highest BCUT2D eigenvalue weighted by atomic mass is 32.2. The zero-order valence-electron chi connectivity index (χ0n) is 15.6. The van der Waals surface area contributed by atoms with E-state index in [1.807, 2.05) is 31.2 Å². The van der Waals surface area contributed by atoms with Crippen molar-refractivity contribution in [3.05, 3.63) is 46.6 Å². The highest BCUT2D eigenvalue weighted by molar-refractivity contribution is 7.98. The van der Waals surface area contributed by atoms with Crippen molar-refractivity contribution in [1.82, 2.24) is 15.1 Å². The summed E-state index contributed by atoms with van der Waals surface area (Å²) in [5, 5.41) is 10.3. The standard InChI is InChI=1S/C19H24N4O3S/c1-13-4-3-5-14(8-13)9-17(24)21-19-15-11-27-12-16(15)22-23(19)10-18(25)20-6-7-26-2/h3-5,8H,6-7,9-12H2,1-2H3,(H,20,25)(H,21,24). The molecule has 1 aromatic heterocycles. The lowest BCUT2D eigenvalue weighted by atomic mass is 10.1. The monoisotopic (exact) mass is 388 g/mol. The minimum absolute atomic E-state index is 0.0709. The molecule has 0 radical (unpaired) electrons. The molecule has 0 saturated carbocycles. The zero-order chi connectivity index (χ0) is 19.2. The summed E-state index contributed by atoms with van der Waals surface area (Å²) in [6.45, 7) is 2.98. The average Bonchev–Trinajstić information content (AvgIpc) is 3.18. The third-order valence-corrected chi connectivity index (χ3v) is 5.22. The minimum Gasteiger partial charge on any atom is -0.383 e. The smallest absolute Gasteiger partial charge is 0.241 e. The highest BCUT2D eigenvalue weighted by Crippen LogP contribution is 2.34. The summed E-state index contributed by atoms with van der Waals surface area (Å²) in [4.78, 5) is 24.7. The molecule has 2 N–H and O–H groups in total. The molecule has 8 heteroatoms. The summed E-state index contributed by atoms with van der Waals surface area (Å²) in [7, 11) is 1.59. The second kappa shape index (κ2) is 9.05. The van der Waals surface area contributed by atoms with E-state index in [1.165, 1.54) is 0 Å². The van der Waals surface area contributed by atoms with Crippen LogP contribution in [0.5, 0.6) is 0 Å². The molecule has 0 aliphatic carbocycles. The number of anilines is 1. The van der Waals surface area contributed by atoms with Crippen molar-refractivity contribution in [2.75, 3.05) is 25.6 Å². The van der Waals surface area contributed by atoms with E-state index in [0.29, 0.717) is 19.0 Å². The van der Waals surface area contributed by atoms with E-state index in [1.54, 1.807) is 23.6 Å². The number of amides is 2. The Labute approximate surface area is 162 Å². The van der Waals surface area contributed by atoms with Crippen LogP contribution in [0.3, 0.4) is 0 Å². The number of nitrogens with one attached hydrogen (secondary N) is 2. The van der Waals surface area contributed by atoms with Crippen molar-refractivity contribution in [2.45, 2.75) is 31.4 Å². The predicted octanol–water partition coefficient (Wildman–Crippen LogP) is 1.88. The number of methoxy groups -OCH3 is 1. The van der Waals surface area contributed by atoms with Crippen molar-refractivity contribution >= 4 is 29.4 Å². The molecule has 1 aliphatic rings. The van der Waals surface area contributed by atoms with Crippen molar-refractivity contribution in [2.24, 2.45) is 0 Å². The summed E-state index contributed by atoms with van der Waals surface area (Å²) in [6.07, 6.45) is 0.287. The number of carbonyl (C=O) groups is 2. The average molecular weight is 388 g/mol. The third-order valence-electron chi connectivity index (χ3n) is 4.25. The molecule has 0 saturated heterocycles. The Hall–Kier alpha value is -2.32. The van der Waals surface area contributed by atoms with E-state index in [9.17, 15) is 9.59 Å². The fourth-order valence-electron chi connectivity index (χ4n) is 2.99. The SMILES string of the molecule is COCCNC(=O)Cn1nc2c(c1NC(=O)Cc1cccc(C)c1)CSC2. The Morgan fingerprint density at radius 1 is 1.30 bits per heavy atom. The molecule has 27 heavy (non-hydrogen) atoms. The van der Waals surface area contributed by atoms with Crippen LogP contribution in [0.2, 0.25) is 0 Å². The molecule has 0 bridgehead atoms. The topological polar surface area (TPSA) is 85.2 Å². The van der Waals surface area contributed by atoms with Gasteiger partial charge in [0.05, 0.1) is 18.7 Å². The molecule has 2 heterocycles. The number of aromatic nitrogens is 2. The van der Waals surface area contributed by atoms with Gasteiger partial charge in [-0.15, -0.1) is 0 Å². The summed E-state index contributed by atoms with van der Waals surface area (Å²) in [5.74, 6) is 1.96. The van der Waals surface area contributed by atoms with Crippen molar-refractivity contribution in [3.63, 3.8) is 0 Å². The molecule has 1 aliphatic heterocycles. The van der Waals surface area contributed by atoms with Gasteiger partial charge >= 0.3 is 0 Å². The van der Waals surface area contributed by atoms with Crippen LogP contribution in [0.15, 0.2) is 24.3 Å². The Balaban J connectivity index is 1.70. The molecule has 7 nitrogen and oxygen atoms in total. The molecule has 3 rings (SSSR count). The van der Waals surface area contributed by atoms with Crippen molar-refractivity contribution < 1.29 is 14.3 Å². The maximum atomic E-state index is 12.6. The van der Waals surface area contributed by atoms with E-state index < -0.39 is 0 Å². The molecule has 0 spiro atoms. The van der Waals surface area contributed by atoms with Crippen LogP contribution in [0, 0.1) is 6.92 Å².